The highest BCUT2D eigenvalue weighted by molar-refractivity contribution is 5.40. The summed E-state index contributed by atoms with van der Waals surface area (Å²) in [7, 11) is 0. The summed E-state index contributed by atoms with van der Waals surface area (Å²) in [5, 5.41) is 3.48. The monoisotopic (exact) mass is 235 g/mol. The van der Waals surface area contributed by atoms with Crippen LogP contribution in [0.25, 0.3) is 0 Å². The molecule has 0 aliphatic rings. The standard InChI is InChI=1S/C14H25N3/c1-10(2)7-16-8-11(3)5-13-6-12(4)9-17-14(13)15/h6,9-11,16H,5,7-8H2,1-4H3,(H2,15,17). The molecule has 0 aliphatic heterocycles. The van der Waals surface area contributed by atoms with Crippen LogP contribution >= 0.6 is 0 Å². The summed E-state index contributed by atoms with van der Waals surface area (Å²) < 4.78 is 0. The average molecular weight is 235 g/mol. The first kappa shape index (κ1) is 14.0. The molecule has 0 spiro atoms. The summed E-state index contributed by atoms with van der Waals surface area (Å²) in [4.78, 5) is 4.20. The molecule has 1 rings (SSSR count). The highest BCUT2D eigenvalue weighted by Gasteiger charge is 2.07. The topological polar surface area (TPSA) is 50.9 Å². The fourth-order valence-electron chi connectivity index (χ4n) is 1.87. The number of rotatable bonds is 6. The normalized spacial score (nSPS) is 13.0. The van der Waals surface area contributed by atoms with Crippen LogP contribution in [-0.4, -0.2) is 18.1 Å². The Morgan fingerprint density at radius 2 is 2.00 bits per heavy atom. The third-order valence-corrected chi connectivity index (χ3v) is 2.75. The quantitative estimate of drug-likeness (QED) is 0.796. The van der Waals surface area contributed by atoms with E-state index in [1.807, 2.05) is 6.20 Å². The van der Waals surface area contributed by atoms with Crippen LogP contribution in [0.2, 0.25) is 0 Å². The Balaban J connectivity index is 2.44. The molecule has 17 heavy (non-hydrogen) atoms. The Bertz CT molecular complexity index is 347. The zero-order chi connectivity index (χ0) is 12.8. The third-order valence-electron chi connectivity index (χ3n) is 2.75. The molecule has 0 fully saturated rings. The molecule has 1 aromatic rings. The molecule has 0 amide bonds. The van der Waals surface area contributed by atoms with Gasteiger partial charge in [-0.2, -0.15) is 0 Å². The molecule has 3 heteroatoms. The van der Waals surface area contributed by atoms with Gasteiger partial charge in [0.05, 0.1) is 0 Å². The van der Waals surface area contributed by atoms with Crippen LogP contribution < -0.4 is 11.1 Å². The van der Waals surface area contributed by atoms with Gasteiger partial charge in [0.1, 0.15) is 5.82 Å². The summed E-state index contributed by atoms with van der Waals surface area (Å²) >= 11 is 0. The van der Waals surface area contributed by atoms with Gasteiger partial charge in [0, 0.05) is 6.20 Å². The van der Waals surface area contributed by atoms with E-state index in [0.717, 1.165) is 19.5 Å². The molecule has 0 saturated carbocycles. The predicted octanol–water partition coefficient (Wildman–Crippen LogP) is 2.40. The number of anilines is 1. The molecule has 1 heterocycles. The number of hydrogen-bond donors (Lipinski definition) is 2. The molecule has 3 nitrogen and oxygen atoms in total. The highest BCUT2D eigenvalue weighted by Crippen LogP contribution is 2.15. The van der Waals surface area contributed by atoms with Crippen LogP contribution in [0, 0.1) is 18.8 Å². The number of nitrogens with two attached hydrogens (primary N) is 1. The van der Waals surface area contributed by atoms with Gasteiger partial charge >= 0.3 is 0 Å². The van der Waals surface area contributed by atoms with E-state index in [2.05, 4.69) is 44.1 Å². The van der Waals surface area contributed by atoms with Crippen LogP contribution in [0.5, 0.6) is 0 Å². The van der Waals surface area contributed by atoms with Gasteiger partial charge in [-0.1, -0.05) is 26.8 Å². The van der Waals surface area contributed by atoms with Crippen molar-refractivity contribution in [2.24, 2.45) is 11.8 Å². The SMILES string of the molecule is Cc1cnc(N)c(CC(C)CNCC(C)C)c1. The Morgan fingerprint density at radius 1 is 1.29 bits per heavy atom. The van der Waals surface area contributed by atoms with Crippen molar-refractivity contribution in [3.05, 3.63) is 23.4 Å². The largest absolute Gasteiger partial charge is 0.383 e. The zero-order valence-corrected chi connectivity index (χ0v) is 11.5. The summed E-state index contributed by atoms with van der Waals surface area (Å²) in [6, 6.07) is 2.14. The second-order valence-electron chi connectivity index (χ2n) is 5.42. The zero-order valence-electron chi connectivity index (χ0n) is 11.5. The van der Waals surface area contributed by atoms with Gasteiger partial charge in [-0.3, -0.25) is 0 Å². The van der Waals surface area contributed by atoms with E-state index in [0.29, 0.717) is 17.7 Å². The van der Waals surface area contributed by atoms with Gasteiger partial charge in [-0.05, 0) is 49.4 Å². The number of nitrogen functional groups attached to an aromatic ring is 1. The van der Waals surface area contributed by atoms with E-state index in [4.69, 9.17) is 5.73 Å². The molecule has 1 atom stereocenters. The maximum absolute atomic E-state index is 5.88. The lowest BCUT2D eigenvalue weighted by Crippen LogP contribution is -2.26. The molecular formula is C14H25N3. The maximum Gasteiger partial charge on any atom is 0.126 e. The Hall–Kier alpha value is -1.09. The Kier molecular flexibility index (Phi) is 5.42. The first-order valence-corrected chi connectivity index (χ1v) is 6.40. The van der Waals surface area contributed by atoms with Gasteiger partial charge in [0.2, 0.25) is 0 Å². The minimum atomic E-state index is 0.583. The van der Waals surface area contributed by atoms with Crippen molar-refractivity contribution in [1.82, 2.24) is 10.3 Å². The maximum atomic E-state index is 5.88. The van der Waals surface area contributed by atoms with Crippen molar-refractivity contribution in [3.8, 4) is 0 Å². The Labute approximate surface area is 105 Å². The molecular weight excluding hydrogens is 210 g/mol. The fourth-order valence-corrected chi connectivity index (χ4v) is 1.87. The second-order valence-corrected chi connectivity index (χ2v) is 5.42. The first-order valence-electron chi connectivity index (χ1n) is 6.40. The Morgan fingerprint density at radius 3 is 2.65 bits per heavy atom. The van der Waals surface area contributed by atoms with Crippen LogP contribution in [0.4, 0.5) is 5.82 Å². The molecule has 0 bridgehead atoms. The lowest BCUT2D eigenvalue weighted by molar-refractivity contribution is 0.473. The summed E-state index contributed by atoms with van der Waals surface area (Å²) in [5.41, 5.74) is 8.23. The van der Waals surface area contributed by atoms with Gasteiger partial charge in [0.25, 0.3) is 0 Å². The smallest absolute Gasteiger partial charge is 0.126 e. The first-order chi connectivity index (χ1) is 7.99. The molecule has 1 aromatic heterocycles. The third kappa shape index (κ3) is 5.18. The number of aromatic nitrogens is 1. The van der Waals surface area contributed by atoms with Crippen molar-refractivity contribution in [3.63, 3.8) is 0 Å². The van der Waals surface area contributed by atoms with Crippen molar-refractivity contribution in [2.75, 3.05) is 18.8 Å². The molecule has 1 unspecified atom stereocenters. The second kappa shape index (κ2) is 6.60. The van der Waals surface area contributed by atoms with Crippen LogP contribution in [-0.2, 0) is 6.42 Å². The number of pyridine rings is 1. The average Bonchev–Trinajstić information content (AvgIpc) is 2.23. The number of hydrogen-bond acceptors (Lipinski definition) is 3. The van der Waals surface area contributed by atoms with Crippen molar-refractivity contribution in [1.29, 1.82) is 0 Å². The number of nitrogens with zero attached hydrogens (tertiary/aromatic N) is 1. The van der Waals surface area contributed by atoms with E-state index < -0.39 is 0 Å². The predicted molar refractivity (Wildman–Crippen MR) is 74.0 cm³/mol. The summed E-state index contributed by atoms with van der Waals surface area (Å²) in [6.45, 7) is 10.9. The minimum absolute atomic E-state index is 0.583. The van der Waals surface area contributed by atoms with E-state index in [-0.39, 0.29) is 0 Å². The van der Waals surface area contributed by atoms with E-state index >= 15 is 0 Å². The van der Waals surface area contributed by atoms with Crippen molar-refractivity contribution in [2.45, 2.75) is 34.1 Å². The van der Waals surface area contributed by atoms with Crippen LogP contribution in [0.15, 0.2) is 12.3 Å². The molecule has 0 aliphatic carbocycles. The van der Waals surface area contributed by atoms with Crippen molar-refractivity contribution >= 4 is 5.82 Å². The summed E-state index contributed by atoms with van der Waals surface area (Å²) in [6.07, 6.45) is 2.81. The van der Waals surface area contributed by atoms with Gasteiger partial charge in [0.15, 0.2) is 0 Å². The number of aryl methyl sites for hydroxylation is 1. The van der Waals surface area contributed by atoms with E-state index in [1.54, 1.807) is 0 Å². The van der Waals surface area contributed by atoms with Crippen LogP contribution in [0.1, 0.15) is 31.9 Å². The molecule has 96 valence electrons. The molecule has 0 radical (unpaired) electrons. The fraction of sp³-hybridized carbons (Fsp3) is 0.643. The van der Waals surface area contributed by atoms with Crippen molar-refractivity contribution < 1.29 is 0 Å². The minimum Gasteiger partial charge on any atom is -0.383 e. The lowest BCUT2D eigenvalue weighted by Gasteiger charge is -2.15. The van der Waals surface area contributed by atoms with E-state index in [9.17, 15) is 0 Å². The van der Waals surface area contributed by atoms with E-state index in [1.165, 1.54) is 11.1 Å². The molecule has 3 N–H and O–H groups in total. The van der Waals surface area contributed by atoms with Gasteiger partial charge in [-0.15, -0.1) is 0 Å². The lowest BCUT2D eigenvalue weighted by atomic mass is 10.0. The highest BCUT2D eigenvalue weighted by atomic mass is 14.9. The van der Waals surface area contributed by atoms with Crippen LogP contribution in [0.3, 0.4) is 0 Å². The summed E-state index contributed by atoms with van der Waals surface area (Å²) in [5.74, 6) is 1.96. The van der Waals surface area contributed by atoms with Gasteiger partial charge in [-0.25, -0.2) is 4.98 Å². The molecule has 0 saturated heterocycles. The molecule has 0 aromatic carbocycles. The number of nitrogens with one attached hydrogen (secondary N) is 1. The van der Waals surface area contributed by atoms with Gasteiger partial charge < -0.3 is 11.1 Å².